The van der Waals surface area contributed by atoms with Crippen LogP contribution in [0.1, 0.15) is 38.5 Å². The second-order valence-electron chi connectivity index (χ2n) is 5.32. The summed E-state index contributed by atoms with van der Waals surface area (Å²) in [7, 11) is 1.53. The molecule has 0 atom stereocenters. The number of aliphatic hydroxyl groups excluding tert-OH is 1. The molecule has 0 spiro atoms. The predicted octanol–water partition coefficient (Wildman–Crippen LogP) is 2.68. The van der Waals surface area contributed by atoms with Crippen molar-refractivity contribution in [3.63, 3.8) is 0 Å². The van der Waals surface area contributed by atoms with E-state index in [1.165, 1.54) is 26.4 Å². The smallest absolute Gasteiger partial charge is 0.132 e. The van der Waals surface area contributed by atoms with Crippen molar-refractivity contribution in [2.75, 3.05) is 26.8 Å². The van der Waals surface area contributed by atoms with E-state index in [9.17, 15) is 5.11 Å². The summed E-state index contributed by atoms with van der Waals surface area (Å²) in [6, 6.07) is 0. The van der Waals surface area contributed by atoms with E-state index in [1.807, 2.05) is 0 Å². The molecule has 5 heteroatoms. The molecule has 0 radical (unpaired) electrons. The maximum absolute atomic E-state index is 9.33. The van der Waals surface area contributed by atoms with Gasteiger partial charge in [-0.05, 0) is 38.3 Å². The molecule has 0 saturated carbocycles. The number of amidine groups is 1. The highest BCUT2D eigenvalue weighted by atomic mass is 16.5. The van der Waals surface area contributed by atoms with Crippen molar-refractivity contribution < 1.29 is 9.84 Å². The molecule has 5 nitrogen and oxygen atoms in total. The average molecular weight is 281 g/mol. The van der Waals surface area contributed by atoms with Crippen molar-refractivity contribution in [2.45, 2.75) is 38.5 Å². The van der Waals surface area contributed by atoms with E-state index in [1.54, 1.807) is 0 Å². The van der Waals surface area contributed by atoms with Crippen LogP contribution in [0.4, 0.5) is 0 Å². The van der Waals surface area contributed by atoms with Gasteiger partial charge in [-0.15, -0.1) is 0 Å². The first-order valence-corrected chi connectivity index (χ1v) is 7.36. The van der Waals surface area contributed by atoms with E-state index in [0.717, 1.165) is 31.8 Å². The Balaban J connectivity index is 2.21. The summed E-state index contributed by atoms with van der Waals surface area (Å²) in [5.74, 6) is 1.01. The Morgan fingerprint density at radius 1 is 1.40 bits per heavy atom. The maximum Gasteiger partial charge on any atom is 0.132 e. The SMILES string of the molecule is C=C(O)C(COC)=NC(=N)CCCCC1CCNCC1. The lowest BCUT2D eigenvalue weighted by Gasteiger charge is -2.22. The Morgan fingerprint density at radius 3 is 2.70 bits per heavy atom. The van der Waals surface area contributed by atoms with E-state index in [-0.39, 0.29) is 18.2 Å². The van der Waals surface area contributed by atoms with E-state index in [0.29, 0.717) is 12.1 Å². The summed E-state index contributed by atoms with van der Waals surface area (Å²) in [6.45, 7) is 5.90. The van der Waals surface area contributed by atoms with Crippen molar-refractivity contribution in [3.8, 4) is 0 Å². The third kappa shape index (κ3) is 6.82. The molecule has 20 heavy (non-hydrogen) atoms. The molecular weight excluding hydrogens is 254 g/mol. The summed E-state index contributed by atoms with van der Waals surface area (Å²) in [5.41, 5.74) is 0.343. The van der Waals surface area contributed by atoms with Crippen LogP contribution in [0, 0.1) is 11.3 Å². The summed E-state index contributed by atoms with van der Waals surface area (Å²) >= 11 is 0. The Kier molecular flexibility index (Phi) is 8.14. The number of piperidine rings is 1. The van der Waals surface area contributed by atoms with E-state index >= 15 is 0 Å². The molecule has 1 saturated heterocycles. The quantitative estimate of drug-likeness (QED) is 0.277. The molecule has 0 amide bonds. The number of hydrogen-bond donors (Lipinski definition) is 3. The van der Waals surface area contributed by atoms with Gasteiger partial charge < -0.3 is 15.2 Å². The van der Waals surface area contributed by atoms with Crippen molar-refractivity contribution >= 4 is 11.5 Å². The fourth-order valence-electron chi connectivity index (χ4n) is 2.43. The molecular formula is C15H27N3O2. The summed E-state index contributed by atoms with van der Waals surface area (Å²) in [5, 5.41) is 20.5. The van der Waals surface area contributed by atoms with Crippen molar-refractivity contribution in [1.82, 2.24) is 5.32 Å². The van der Waals surface area contributed by atoms with Gasteiger partial charge in [0.2, 0.25) is 0 Å². The van der Waals surface area contributed by atoms with Gasteiger partial charge in [-0.3, -0.25) is 5.41 Å². The van der Waals surface area contributed by atoms with Gasteiger partial charge in [-0.1, -0.05) is 19.4 Å². The number of methoxy groups -OCH3 is 1. The zero-order valence-electron chi connectivity index (χ0n) is 12.5. The number of ether oxygens (including phenoxy) is 1. The molecule has 1 rings (SSSR count). The monoisotopic (exact) mass is 281 g/mol. The summed E-state index contributed by atoms with van der Waals surface area (Å²) in [4.78, 5) is 4.07. The maximum atomic E-state index is 9.33. The molecule has 0 aromatic carbocycles. The number of nitrogens with one attached hydrogen (secondary N) is 2. The molecule has 1 fully saturated rings. The molecule has 1 aliphatic rings. The lowest BCUT2D eigenvalue weighted by molar-refractivity contribution is 0.242. The van der Waals surface area contributed by atoms with Crippen LogP contribution >= 0.6 is 0 Å². The highest BCUT2D eigenvalue weighted by molar-refractivity contribution is 6.05. The Labute approximate surface area is 121 Å². The topological polar surface area (TPSA) is 77.7 Å². The molecule has 114 valence electrons. The molecule has 3 N–H and O–H groups in total. The minimum Gasteiger partial charge on any atom is -0.507 e. The van der Waals surface area contributed by atoms with Crippen LogP contribution in [-0.4, -0.2) is 43.5 Å². The van der Waals surface area contributed by atoms with Crippen molar-refractivity contribution in [1.29, 1.82) is 5.41 Å². The van der Waals surface area contributed by atoms with Gasteiger partial charge in [-0.2, -0.15) is 0 Å². The number of rotatable bonds is 8. The average Bonchev–Trinajstić information content (AvgIpc) is 2.44. The number of aliphatic hydroxyl groups is 1. The molecule has 0 unspecified atom stereocenters. The highest BCUT2D eigenvalue weighted by Crippen LogP contribution is 2.19. The predicted molar refractivity (Wildman–Crippen MR) is 82.9 cm³/mol. The molecule has 0 bridgehead atoms. The first-order chi connectivity index (χ1) is 9.63. The fraction of sp³-hybridized carbons (Fsp3) is 0.733. The third-order valence-electron chi connectivity index (χ3n) is 3.62. The Hall–Kier alpha value is -1.20. The largest absolute Gasteiger partial charge is 0.507 e. The van der Waals surface area contributed by atoms with Crippen molar-refractivity contribution in [2.24, 2.45) is 10.9 Å². The second kappa shape index (κ2) is 9.66. The van der Waals surface area contributed by atoms with Gasteiger partial charge in [0, 0.05) is 13.5 Å². The minimum absolute atomic E-state index is 0.119. The molecule has 0 aromatic heterocycles. The normalized spacial score (nSPS) is 17.1. The van der Waals surface area contributed by atoms with Crippen LogP contribution in [-0.2, 0) is 4.74 Å². The fourth-order valence-corrected chi connectivity index (χ4v) is 2.43. The van der Waals surface area contributed by atoms with Crippen LogP contribution in [0.3, 0.4) is 0 Å². The highest BCUT2D eigenvalue weighted by Gasteiger charge is 2.12. The van der Waals surface area contributed by atoms with Gasteiger partial charge in [0.05, 0.1) is 6.61 Å². The zero-order valence-corrected chi connectivity index (χ0v) is 12.5. The van der Waals surface area contributed by atoms with E-state index in [4.69, 9.17) is 10.1 Å². The second-order valence-corrected chi connectivity index (χ2v) is 5.32. The number of aliphatic imine (C=N–C) groups is 1. The standard InChI is InChI=1S/C15H27N3O2/c1-12(19)14(11-20-2)18-15(16)6-4-3-5-13-7-9-17-10-8-13/h13,16-17,19H,1,3-11H2,2H3. The minimum atomic E-state index is -0.119. The van der Waals surface area contributed by atoms with Gasteiger partial charge in [0.15, 0.2) is 0 Å². The van der Waals surface area contributed by atoms with Crippen LogP contribution in [0.25, 0.3) is 0 Å². The number of nitrogens with zero attached hydrogens (tertiary/aromatic N) is 1. The first-order valence-electron chi connectivity index (χ1n) is 7.36. The van der Waals surface area contributed by atoms with Crippen LogP contribution < -0.4 is 5.32 Å². The summed E-state index contributed by atoms with van der Waals surface area (Å²) < 4.78 is 4.92. The van der Waals surface area contributed by atoms with Crippen molar-refractivity contribution in [3.05, 3.63) is 12.3 Å². The molecule has 0 aliphatic carbocycles. The number of hydrogen-bond acceptors (Lipinski definition) is 4. The zero-order chi connectivity index (χ0) is 14.8. The molecule has 1 heterocycles. The Morgan fingerprint density at radius 2 is 2.10 bits per heavy atom. The lowest BCUT2D eigenvalue weighted by atomic mass is 9.92. The third-order valence-corrected chi connectivity index (χ3v) is 3.62. The van der Waals surface area contributed by atoms with Crippen LogP contribution in [0.15, 0.2) is 17.3 Å². The Bertz CT molecular complexity index is 347. The van der Waals surface area contributed by atoms with E-state index in [2.05, 4.69) is 16.9 Å². The van der Waals surface area contributed by atoms with Crippen LogP contribution in [0.2, 0.25) is 0 Å². The number of unbranched alkanes of at least 4 members (excludes halogenated alkanes) is 1. The summed E-state index contributed by atoms with van der Waals surface area (Å²) in [6.07, 6.45) is 6.56. The van der Waals surface area contributed by atoms with Gasteiger partial charge in [0.25, 0.3) is 0 Å². The molecule has 0 aromatic rings. The van der Waals surface area contributed by atoms with Gasteiger partial charge in [-0.25, -0.2) is 4.99 Å². The first kappa shape index (κ1) is 16.9. The van der Waals surface area contributed by atoms with Crippen LogP contribution in [0.5, 0.6) is 0 Å². The lowest BCUT2D eigenvalue weighted by Crippen LogP contribution is -2.27. The van der Waals surface area contributed by atoms with E-state index < -0.39 is 0 Å². The van der Waals surface area contributed by atoms with Gasteiger partial charge in [0.1, 0.15) is 17.3 Å². The molecule has 1 aliphatic heterocycles. The van der Waals surface area contributed by atoms with Gasteiger partial charge >= 0.3 is 0 Å².